The molecule has 17 heavy (non-hydrogen) atoms. The fourth-order valence-electron chi connectivity index (χ4n) is 1.80. The number of H-pyrrole nitrogens is 1. The average molecular weight is 233 g/mol. The number of hydrogen-bond donors (Lipinski definition) is 2. The molecule has 0 spiro atoms. The summed E-state index contributed by atoms with van der Waals surface area (Å²) in [4.78, 5) is 0. The highest BCUT2D eigenvalue weighted by molar-refractivity contribution is 5.09. The van der Waals surface area contributed by atoms with E-state index in [9.17, 15) is 0 Å². The van der Waals surface area contributed by atoms with Crippen molar-refractivity contribution in [3.05, 3.63) is 35.9 Å². The van der Waals surface area contributed by atoms with Crippen LogP contribution in [0.15, 0.2) is 24.7 Å². The Bertz CT molecular complexity index is 431. The molecule has 2 rings (SSSR count). The molecule has 2 aromatic heterocycles. The van der Waals surface area contributed by atoms with Crippen molar-refractivity contribution in [3.63, 3.8) is 0 Å². The van der Waals surface area contributed by atoms with Crippen LogP contribution in [0.3, 0.4) is 0 Å². The summed E-state index contributed by atoms with van der Waals surface area (Å²) in [6.45, 7) is 6.09. The summed E-state index contributed by atoms with van der Waals surface area (Å²) in [6, 6.07) is 2.35. The van der Waals surface area contributed by atoms with Crippen molar-refractivity contribution in [2.45, 2.75) is 39.4 Å². The number of nitrogens with zero attached hydrogens (tertiary/aromatic N) is 3. The van der Waals surface area contributed by atoms with Gasteiger partial charge in [0.05, 0.1) is 11.9 Å². The van der Waals surface area contributed by atoms with E-state index in [1.54, 1.807) is 0 Å². The van der Waals surface area contributed by atoms with Crippen LogP contribution in [0.1, 0.15) is 37.6 Å². The quantitative estimate of drug-likeness (QED) is 0.800. The van der Waals surface area contributed by atoms with Crippen molar-refractivity contribution < 1.29 is 0 Å². The van der Waals surface area contributed by atoms with Crippen LogP contribution in [-0.4, -0.2) is 20.0 Å². The molecule has 0 amide bonds. The predicted octanol–water partition coefficient (Wildman–Crippen LogP) is 1.87. The van der Waals surface area contributed by atoms with Gasteiger partial charge in [-0.05, 0) is 19.4 Å². The minimum Gasteiger partial charge on any atom is -0.304 e. The Balaban J connectivity index is 1.91. The summed E-state index contributed by atoms with van der Waals surface area (Å²) in [5.41, 5.74) is 2.40. The van der Waals surface area contributed by atoms with Crippen molar-refractivity contribution in [1.82, 2.24) is 25.3 Å². The molecule has 2 aromatic rings. The average Bonchev–Trinajstić information content (AvgIpc) is 2.97. The summed E-state index contributed by atoms with van der Waals surface area (Å²) in [6.07, 6.45) is 6.73. The lowest BCUT2D eigenvalue weighted by Crippen LogP contribution is -2.20. The molecule has 0 saturated carbocycles. The van der Waals surface area contributed by atoms with Crippen LogP contribution in [0.2, 0.25) is 0 Å². The smallest absolute Gasteiger partial charge is 0.0534 e. The fraction of sp³-hybridized carbons (Fsp3) is 0.500. The third-order valence-electron chi connectivity index (χ3n) is 2.85. The molecule has 0 aromatic carbocycles. The molecule has 2 heterocycles. The van der Waals surface area contributed by atoms with Gasteiger partial charge in [0.25, 0.3) is 0 Å². The van der Waals surface area contributed by atoms with Gasteiger partial charge in [0, 0.05) is 37.1 Å². The lowest BCUT2D eigenvalue weighted by atomic mass is 10.2. The van der Waals surface area contributed by atoms with Gasteiger partial charge in [0.1, 0.15) is 0 Å². The molecule has 1 unspecified atom stereocenters. The predicted molar refractivity (Wildman–Crippen MR) is 66.4 cm³/mol. The van der Waals surface area contributed by atoms with Crippen LogP contribution in [0, 0.1) is 0 Å². The molecule has 5 nitrogen and oxygen atoms in total. The van der Waals surface area contributed by atoms with Crippen molar-refractivity contribution in [3.8, 4) is 0 Å². The number of rotatable bonds is 6. The topological polar surface area (TPSA) is 58.5 Å². The second kappa shape index (κ2) is 5.63. The summed E-state index contributed by atoms with van der Waals surface area (Å²) in [7, 11) is 0. The van der Waals surface area contributed by atoms with Gasteiger partial charge < -0.3 is 5.32 Å². The van der Waals surface area contributed by atoms with Gasteiger partial charge in [-0.15, -0.1) is 0 Å². The number of aromatic nitrogens is 4. The molecule has 2 N–H and O–H groups in total. The van der Waals surface area contributed by atoms with Gasteiger partial charge in [-0.25, -0.2) is 0 Å². The van der Waals surface area contributed by atoms with Crippen molar-refractivity contribution in [2.75, 3.05) is 0 Å². The summed E-state index contributed by atoms with van der Waals surface area (Å²) in [5.74, 6) is 0. The summed E-state index contributed by atoms with van der Waals surface area (Å²) >= 11 is 0. The molecule has 0 aliphatic carbocycles. The maximum atomic E-state index is 4.30. The third kappa shape index (κ3) is 2.94. The minimum absolute atomic E-state index is 0.290. The Morgan fingerprint density at radius 2 is 2.41 bits per heavy atom. The Morgan fingerprint density at radius 3 is 3.12 bits per heavy atom. The van der Waals surface area contributed by atoms with Crippen molar-refractivity contribution in [2.24, 2.45) is 0 Å². The third-order valence-corrected chi connectivity index (χ3v) is 2.85. The molecule has 0 saturated heterocycles. The van der Waals surface area contributed by atoms with Gasteiger partial charge in [-0.1, -0.05) is 6.92 Å². The van der Waals surface area contributed by atoms with E-state index in [-0.39, 0.29) is 0 Å². The van der Waals surface area contributed by atoms with E-state index < -0.39 is 0 Å². The maximum absolute atomic E-state index is 4.30. The molecule has 0 aliphatic heterocycles. The first kappa shape index (κ1) is 11.9. The normalized spacial score (nSPS) is 12.8. The Hall–Kier alpha value is -1.62. The summed E-state index contributed by atoms with van der Waals surface area (Å²) < 4.78 is 2.05. The van der Waals surface area contributed by atoms with Crippen LogP contribution >= 0.6 is 0 Å². The van der Waals surface area contributed by atoms with Gasteiger partial charge in [-0.3, -0.25) is 9.78 Å². The van der Waals surface area contributed by atoms with Crippen LogP contribution in [0.5, 0.6) is 0 Å². The highest BCUT2D eigenvalue weighted by Gasteiger charge is 2.07. The highest BCUT2D eigenvalue weighted by Crippen LogP contribution is 2.10. The monoisotopic (exact) mass is 233 g/mol. The van der Waals surface area contributed by atoms with E-state index in [0.29, 0.717) is 6.04 Å². The van der Waals surface area contributed by atoms with E-state index >= 15 is 0 Å². The largest absolute Gasteiger partial charge is 0.304 e. The fourth-order valence-corrected chi connectivity index (χ4v) is 1.80. The number of nitrogens with one attached hydrogen (secondary N) is 2. The van der Waals surface area contributed by atoms with E-state index in [0.717, 1.165) is 19.5 Å². The summed E-state index contributed by atoms with van der Waals surface area (Å²) in [5, 5.41) is 14.6. The molecule has 1 atom stereocenters. The molecule has 92 valence electrons. The van der Waals surface area contributed by atoms with Crippen molar-refractivity contribution >= 4 is 0 Å². The zero-order valence-corrected chi connectivity index (χ0v) is 10.3. The van der Waals surface area contributed by atoms with E-state index in [4.69, 9.17) is 0 Å². The first-order chi connectivity index (χ1) is 8.31. The standard InChI is InChI=1S/C12H19N5/c1-3-6-17-12(4-5-16-17)9-13-10(2)11-7-14-15-8-11/h4-5,7-8,10,13H,3,6,9H2,1-2H3,(H,14,15). The minimum atomic E-state index is 0.290. The second-order valence-electron chi connectivity index (χ2n) is 4.18. The molecule has 0 fully saturated rings. The molecule has 0 bridgehead atoms. The molecule has 0 radical (unpaired) electrons. The molecule has 5 heteroatoms. The Kier molecular flexibility index (Phi) is 3.93. The number of aromatic amines is 1. The van der Waals surface area contributed by atoms with Gasteiger partial charge in [-0.2, -0.15) is 10.2 Å². The lowest BCUT2D eigenvalue weighted by Gasteiger charge is -2.12. The SMILES string of the molecule is CCCn1nccc1CNC(C)c1cn[nH]c1. The van der Waals surface area contributed by atoms with Gasteiger partial charge in [0.15, 0.2) is 0 Å². The van der Waals surface area contributed by atoms with E-state index in [1.807, 2.05) is 18.6 Å². The second-order valence-corrected chi connectivity index (χ2v) is 4.18. The van der Waals surface area contributed by atoms with Crippen LogP contribution in [0.25, 0.3) is 0 Å². The lowest BCUT2D eigenvalue weighted by molar-refractivity contribution is 0.517. The zero-order valence-electron chi connectivity index (χ0n) is 10.3. The number of aryl methyl sites for hydroxylation is 1. The highest BCUT2D eigenvalue weighted by atomic mass is 15.3. The van der Waals surface area contributed by atoms with E-state index in [2.05, 4.69) is 45.2 Å². The first-order valence-electron chi connectivity index (χ1n) is 6.04. The Labute approximate surface area is 101 Å². The molecular weight excluding hydrogens is 214 g/mol. The maximum Gasteiger partial charge on any atom is 0.0534 e. The van der Waals surface area contributed by atoms with Gasteiger partial charge in [0.2, 0.25) is 0 Å². The van der Waals surface area contributed by atoms with Crippen LogP contribution < -0.4 is 5.32 Å². The van der Waals surface area contributed by atoms with Crippen molar-refractivity contribution in [1.29, 1.82) is 0 Å². The van der Waals surface area contributed by atoms with E-state index in [1.165, 1.54) is 11.3 Å². The zero-order chi connectivity index (χ0) is 12.1. The molecule has 0 aliphatic rings. The first-order valence-corrected chi connectivity index (χ1v) is 6.04. The van der Waals surface area contributed by atoms with Crippen LogP contribution in [0.4, 0.5) is 0 Å². The number of hydrogen-bond acceptors (Lipinski definition) is 3. The van der Waals surface area contributed by atoms with Gasteiger partial charge >= 0.3 is 0 Å². The molecular formula is C12H19N5. The Morgan fingerprint density at radius 1 is 1.53 bits per heavy atom. The van der Waals surface area contributed by atoms with Crippen LogP contribution in [-0.2, 0) is 13.1 Å².